The molecule has 3 aromatic rings. The highest BCUT2D eigenvalue weighted by Gasteiger charge is 2.42. The molecule has 1 atom stereocenters. The summed E-state index contributed by atoms with van der Waals surface area (Å²) in [6.07, 6.45) is 0. The van der Waals surface area contributed by atoms with Crippen LogP contribution in [0.15, 0.2) is 39.5 Å². The molecule has 1 aromatic heterocycles. The van der Waals surface area contributed by atoms with Crippen molar-refractivity contribution in [3.63, 3.8) is 0 Å². The number of hydrogen-bond acceptors (Lipinski definition) is 6. The number of ether oxygens (including phenoxy) is 2. The average Bonchev–Trinajstić information content (AvgIpc) is 3.02. The first-order valence-corrected chi connectivity index (χ1v) is 10.2. The van der Waals surface area contributed by atoms with E-state index in [9.17, 15) is 14.7 Å². The lowest BCUT2D eigenvalue weighted by Gasteiger charge is -2.25. The van der Waals surface area contributed by atoms with Crippen LogP contribution in [0, 0.1) is 13.8 Å². The van der Waals surface area contributed by atoms with Gasteiger partial charge in [-0.25, -0.2) is 0 Å². The molecule has 1 aliphatic heterocycles. The molecule has 1 N–H and O–H groups in total. The maximum absolute atomic E-state index is 13.6. The van der Waals surface area contributed by atoms with Crippen molar-refractivity contribution in [2.45, 2.75) is 26.8 Å². The van der Waals surface area contributed by atoms with Crippen LogP contribution in [0.25, 0.3) is 11.0 Å². The fourth-order valence-corrected chi connectivity index (χ4v) is 4.01. The van der Waals surface area contributed by atoms with Gasteiger partial charge >= 0.3 is 0 Å². The van der Waals surface area contributed by atoms with Crippen LogP contribution in [0.1, 0.15) is 45.8 Å². The Morgan fingerprint density at radius 1 is 1.13 bits per heavy atom. The number of phenolic OH excluding ortho intramolecular Hbond substituents is 1. The number of carbonyl (C=O) groups is 1. The smallest absolute Gasteiger partial charge is 0.290 e. The van der Waals surface area contributed by atoms with E-state index >= 15 is 0 Å². The molecule has 1 aliphatic rings. The molecule has 162 valence electrons. The second-order valence-corrected chi connectivity index (χ2v) is 7.66. The third-order valence-electron chi connectivity index (χ3n) is 5.72. The number of phenols is 1. The minimum atomic E-state index is -0.667. The van der Waals surface area contributed by atoms with Crippen LogP contribution in [0.4, 0.5) is 0 Å². The maximum Gasteiger partial charge on any atom is 0.290 e. The van der Waals surface area contributed by atoms with Gasteiger partial charge in [-0.1, -0.05) is 6.07 Å². The summed E-state index contributed by atoms with van der Waals surface area (Å²) in [7, 11) is 1.56. The van der Waals surface area contributed by atoms with E-state index in [2.05, 4.69) is 0 Å². The van der Waals surface area contributed by atoms with Crippen LogP contribution in [0.5, 0.6) is 11.5 Å². The zero-order chi connectivity index (χ0) is 22.3. The van der Waals surface area contributed by atoms with Crippen molar-refractivity contribution in [2.75, 3.05) is 26.9 Å². The van der Waals surface area contributed by atoms with Crippen molar-refractivity contribution < 1.29 is 23.8 Å². The molecule has 0 bridgehead atoms. The normalized spacial score (nSPS) is 15.5. The minimum absolute atomic E-state index is 0.00441. The summed E-state index contributed by atoms with van der Waals surface area (Å²) >= 11 is 0. The van der Waals surface area contributed by atoms with Gasteiger partial charge in [0.15, 0.2) is 16.9 Å². The predicted molar refractivity (Wildman–Crippen MR) is 116 cm³/mol. The summed E-state index contributed by atoms with van der Waals surface area (Å²) in [6, 6.07) is 7.79. The Labute approximate surface area is 179 Å². The number of hydrogen-bond donors (Lipinski definition) is 1. The molecule has 0 aliphatic carbocycles. The predicted octanol–water partition coefficient (Wildman–Crippen LogP) is 3.71. The van der Waals surface area contributed by atoms with Gasteiger partial charge in [0.1, 0.15) is 5.58 Å². The van der Waals surface area contributed by atoms with E-state index in [1.807, 2.05) is 20.8 Å². The van der Waals surface area contributed by atoms with Crippen LogP contribution in [-0.2, 0) is 4.74 Å². The van der Waals surface area contributed by atoms with Crippen LogP contribution in [0.3, 0.4) is 0 Å². The number of methoxy groups -OCH3 is 1. The minimum Gasteiger partial charge on any atom is -0.504 e. The van der Waals surface area contributed by atoms with Crippen molar-refractivity contribution in [3.8, 4) is 11.5 Å². The number of amides is 1. The summed E-state index contributed by atoms with van der Waals surface area (Å²) in [5.74, 6) is -0.0207. The van der Waals surface area contributed by atoms with Gasteiger partial charge in [-0.2, -0.15) is 0 Å². The topological polar surface area (TPSA) is 89.2 Å². The lowest BCUT2D eigenvalue weighted by Crippen LogP contribution is -2.32. The van der Waals surface area contributed by atoms with Gasteiger partial charge in [0.05, 0.1) is 30.2 Å². The summed E-state index contributed by atoms with van der Waals surface area (Å²) < 4.78 is 16.7. The molecule has 2 aromatic carbocycles. The number of rotatable bonds is 6. The highest BCUT2D eigenvalue weighted by molar-refractivity contribution is 5.99. The highest BCUT2D eigenvalue weighted by Crippen LogP contribution is 2.40. The second-order valence-electron chi connectivity index (χ2n) is 7.66. The third kappa shape index (κ3) is 3.45. The number of nitrogens with zero attached hydrogens (tertiary/aromatic N) is 1. The molecular formula is C24H25NO6. The molecule has 7 nitrogen and oxygen atoms in total. The van der Waals surface area contributed by atoms with E-state index in [0.717, 1.165) is 11.1 Å². The number of aromatic hydroxyl groups is 1. The number of aryl methyl sites for hydroxylation is 2. The Morgan fingerprint density at radius 2 is 1.87 bits per heavy atom. The van der Waals surface area contributed by atoms with Crippen LogP contribution in [-0.4, -0.2) is 42.8 Å². The zero-order valence-corrected chi connectivity index (χ0v) is 18.0. The van der Waals surface area contributed by atoms with Crippen molar-refractivity contribution in [2.24, 2.45) is 0 Å². The summed E-state index contributed by atoms with van der Waals surface area (Å²) in [5.41, 5.74) is 3.07. The third-order valence-corrected chi connectivity index (χ3v) is 5.72. The molecule has 0 saturated heterocycles. The Balaban J connectivity index is 1.97. The van der Waals surface area contributed by atoms with Gasteiger partial charge in [0.2, 0.25) is 5.76 Å². The summed E-state index contributed by atoms with van der Waals surface area (Å²) in [5, 5.41) is 10.6. The van der Waals surface area contributed by atoms with E-state index in [1.54, 1.807) is 36.3 Å². The van der Waals surface area contributed by atoms with Crippen LogP contribution in [0.2, 0.25) is 0 Å². The first-order chi connectivity index (χ1) is 14.9. The molecule has 0 radical (unpaired) electrons. The SMILES string of the molecule is CCOc1cc(C2c3c(oc4cc(C)c(C)cc4c3=O)C(=O)N2CCOC)ccc1O. The van der Waals surface area contributed by atoms with E-state index in [-0.39, 0.29) is 29.4 Å². The lowest BCUT2D eigenvalue weighted by atomic mass is 9.97. The number of fused-ring (bicyclic) bond motifs is 2. The second kappa shape index (κ2) is 8.07. The van der Waals surface area contributed by atoms with E-state index in [4.69, 9.17) is 13.9 Å². The standard InChI is InChI=1S/C24H25NO6/c1-5-30-19-12-15(6-7-17(19)26)21-20-22(27)16-10-13(2)14(3)11-18(16)31-23(20)24(28)25(21)8-9-29-4/h6-7,10-12,21,26H,5,8-9H2,1-4H3. The average molecular weight is 423 g/mol. The molecule has 7 heteroatoms. The molecule has 31 heavy (non-hydrogen) atoms. The van der Waals surface area contributed by atoms with Gasteiger partial charge in [-0.05, 0) is 61.7 Å². The molecule has 0 spiro atoms. The monoisotopic (exact) mass is 423 g/mol. The van der Waals surface area contributed by atoms with Crippen molar-refractivity contribution in [1.29, 1.82) is 0 Å². The fourth-order valence-electron chi connectivity index (χ4n) is 4.01. The van der Waals surface area contributed by atoms with Crippen molar-refractivity contribution in [1.82, 2.24) is 4.90 Å². The van der Waals surface area contributed by atoms with Gasteiger partial charge in [0, 0.05) is 13.7 Å². The number of benzene rings is 2. The zero-order valence-electron chi connectivity index (χ0n) is 18.0. The van der Waals surface area contributed by atoms with Gasteiger partial charge in [-0.3, -0.25) is 9.59 Å². The largest absolute Gasteiger partial charge is 0.504 e. The first-order valence-electron chi connectivity index (χ1n) is 10.2. The van der Waals surface area contributed by atoms with Crippen molar-refractivity contribution in [3.05, 3.63) is 68.6 Å². The van der Waals surface area contributed by atoms with Gasteiger partial charge in [-0.15, -0.1) is 0 Å². The van der Waals surface area contributed by atoms with Gasteiger partial charge < -0.3 is 23.9 Å². The van der Waals surface area contributed by atoms with Crippen LogP contribution >= 0.6 is 0 Å². The van der Waals surface area contributed by atoms with E-state index < -0.39 is 6.04 Å². The Hall–Kier alpha value is -3.32. The molecule has 0 fully saturated rings. The molecule has 1 amide bonds. The molecule has 4 rings (SSSR count). The molecular weight excluding hydrogens is 398 g/mol. The van der Waals surface area contributed by atoms with E-state index in [1.165, 1.54) is 6.07 Å². The first kappa shape index (κ1) is 20.9. The number of carbonyl (C=O) groups excluding carboxylic acids is 1. The molecule has 0 saturated carbocycles. The Morgan fingerprint density at radius 3 is 2.58 bits per heavy atom. The Bertz CT molecular complexity index is 1230. The fraction of sp³-hybridized carbons (Fsp3) is 0.333. The maximum atomic E-state index is 13.6. The van der Waals surface area contributed by atoms with Gasteiger partial charge in [0.25, 0.3) is 5.91 Å². The summed E-state index contributed by atoms with van der Waals surface area (Å²) in [6.45, 7) is 6.64. The molecule has 2 heterocycles. The quantitative estimate of drug-likeness (QED) is 0.650. The lowest BCUT2D eigenvalue weighted by molar-refractivity contribution is 0.0663. The van der Waals surface area contributed by atoms with E-state index in [0.29, 0.717) is 41.1 Å². The molecule has 1 unspecified atom stereocenters. The highest BCUT2D eigenvalue weighted by atomic mass is 16.5. The Kier molecular flexibility index (Phi) is 5.45. The summed E-state index contributed by atoms with van der Waals surface area (Å²) in [4.78, 5) is 28.4. The van der Waals surface area contributed by atoms with Crippen molar-refractivity contribution >= 4 is 16.9 Å². The van der Waals surface area contributed by atoms with Crippen LogP contribution < -0.4 is 10.2 Å².